The van der Waals surface area contributed by atoms with Crippen LogP contribution in [0.1, 0.15) is 30.0 Å². The predicted molar refractivity (Wildman–Crippen MR) is 143 cm³/mol. The summed E-state index contributed by atoms with van der Waals surface area (Å²) < 4.78 is 0. The molecule has 3 aromatic carbocycles. The van der Waals surface area contributed by atoms with E-state index in [9.17, 15) is 9.90 Å². The number of carbonyl (C=O) groups is 1. The quantitative estimate of drug-likeness (QED) is 0.175. The van der Waals surface area contributed by atoms with Gasteiger partial charge in [-0.2, -0.15) is 0 Å². The van der Waals surface area contributed by atoms with Gasteiger partial charge in [-0.05, 0) is 42.2 Å². The standard InChI is InChI=1S/C29H27N5O2/c1-19(35)31-16-4-5-20-8-10-22(11-9-20)28(27-24-6-2-3-7-25(24)34-29(27)36)33-23-14-12-21(13-15-23)26-17-30-18-32-26/h2-3,6-15,17-18,34,36H,4-5,16H2,1H3,(H,30,32)(H,31,35). The van der Waals surface area contributed by atoms with E-state index >= 15 is 0 Å². The Kier molecular flexibility index (Phi) is 6.62. The average molecular weight is 478 g/mol. The number of aryl methyl sites for hydroxylation is 1. The lowest BCUT2D eigenvalue weighted by Crippen LogP contribution is -2.21. The lowest BCUT2D eigenvalue weighted by Gasteiger charge is -2.10. The summed E-state index contributed by atoms with van der Waals surface area (Å²) in [6, 6.07) is 23.9. The number of hydrogen-bond acceptors (Lipinski definition) is 4. The number of nitrogens with one attached hydrogen (secondary N) is 3. The van der Waals surface area contributed by atoms with Crippen LogP contribution in [0.5, 0.6) is 5.88 Å². The van der Waals surface area contributed by atoms with Crippen molar-refractivity contribution in [1.82, 2.24) is 20.3 Å². The molecule has 7 heteroatoms. The summed E-state index contributed by atoms with van der Waals surface area (Å²) in [7, 11) is 0. The van der Waals surface area contributed by atoms with Crippen molar-refractivity contribution in [2.75, 3.05) is 6.54 Å². The summed E-state index contributed by atoms with van der Waals surface area (Å²) in [5.41, 5.74) is 7.01. The molecule has 0 aliphatic heterocycles. The second kappa shape index (κ2) is 10.3. The van der Waals surface area contributed by atoms with Gasteiger partial charge in [-0.3, -0.25) is 4.79 Å². The van der Waals surface area contributed by atoms with Crippen molar-refractivity contribution in [3.63, 3.8) is 0 Å². The van der Waals surface area contributed by atoms with Gasteiger partial charge in [0.25, 0.3) is 0 Å². The molecule has 0 aliphatic rings. The zero-order valence-electron chi connectivity index (χ0n) is 20.0. The van der Waals surface area contributed by atoms with Crippen molar-refractivity contribution in [3.05, 3.63) is 102 Å². The number of hydrogen-bond donors (Lipinski definition) is 4. The number of amides is 1. The molecule has 4 N–H and O–H groups in total. The fraction of sp³-hybridized carbons (Fsp3) is 0.138. The summed E-state index contributed by atoms with van der Waals surface area (Å²) in [6.07, 6.45) is 5.17. The Balaban J connectivity index is 1.50. The first-order chi connectivity index (χ1) is 17.6. The van der Waals surface area contributed by atoms with Gasteiger partial charge in [0, 0.05) is 29.9 Å². The largest absolute Gasteiger partial charge is 0.494 e. The molecule has 7 nitrogen and oxygen atoms in total. The van der Waals surface area contributed by atoms with E-state index < -0.39 is 0 Å². The summed E-state index contributed by atoms with van der Waals surface area (Å²) in [5, 5.41) is 14.6. The van der Waals surface area contributed by atoms with Gasteiger partial charge in [0.05, 0.1) is 35.2 Å². The highest BCUT2D eigenvalue weighted by molar-refractivity contribution is 6.21. The van der Waals surface area contributed by atoms with Crippen LogP contribution in [-0.2, 0) is 11.2 Å². The minimum Gasteiger partial charge on any atom is -0.494 e. The fourth-order valence-electron chi connectivity index (χ4n) is 4.28. The van der Waals surface area contributed by atoms with Crippen LogP contribution in [-0.4, -0.2) is 38.2 Å². The van der Waals surface area contributed by atoms with Gasteiger partial charge in [0.15, 0.2) is 5.88 Å². The number of imidazole rings is 1. The van der Waals surface area contributed by atoms with E-state index in [2.05, 4.69) is 32.4 Å². The number of aliphatic imine (C=N–C) groups is 1. The van der Waals surface area contributed by atoms with Crippen LogP contribution >= 0.6 is 0 Å². The summed E-state index contributed by atoms with van der Waals surface area (Å²) in [5.74, 6) is 0.0748. The number of rotatable bonds is 8. The number of H-pyrrole nitrogens is 2. The van der Waals surface area contributed by atoms with Crippen molar-refractivity contribution < 1.29 is 9.90 Å². The molecule has 0 spiro atoms. The molecule has 0 aliphatic carbocycles. The average Bonchev–Trinajstić information content (AvgIpc) is 3.54. The molecule has 0 saturated carbocycles. The van der Waals surface area contributed by atoms with Gasteiger partial charge < -0.3 is 20.4 Å². The summed E-state index contributed by atoms with van der Waals surface area (Å²) in [6.45, 7) is 2.18. The maximum atomic E-state index is 11.1. The van der Waals surface area contributed by atoms with Crippen LogP contribution in [0.15, 0.2) is 90.3 Å². The number of aromatic hydroxyl groups is 1. The Labute approximate surface area is 209 Å². The number of carbonyl (C=O) groups excluding carboxylic acids is 1. The topological polar surface area (TPSA) is 106 Å². The fourth-order valence-corrected chi connectivity index (χ4v) is 4.28. The van der Waals surface area contributed by atoms with Crippen LogP contribution in [0.3, 0.4) is 0 Å². The van der Waals surface area contributed by atoms with Crippen LogP contribution < -0.4 is 5.32 Å². The molecule has 0 bridgehead atoms. The molecule has 0 fully saturated rings. The van der Waals surface area contributed by atoms with Gasteiger partial charge in [-0.15, -0.1) is 0 Å². The molecule has 2 aromatic heterocycles. The molecule has 180 valence electrons. The lowest BCUT2D eigenvalue weighted by molar-refractivity contribution is -0.118. The van der Waals surface area contributed by atoms with E-state index in [1.807, 2.05) is 60.7 Å². The molecule has 0 saturated heterocycles. The monoisotopic (exact) mass is 477 g/mol. The predicted octanol–water partition coefficient (Wildman–Crippen LogP) is 5.50. The molecule has 0 unspecified atom stereocenters. The highest BCUT2D eigenvalue weighted by Gasteiger charge is 2.18. The zero-order valence-corrected chi connectivity index (χ0v) is 20.0. The van der Waals surface area contributed by atoms with Crippen molar-refractivity contribution >= 4 is 28.2 Å². The molecular formula is C29H27N5O2. The van der Waals surface area contributed by atoms with E-state index in [1.54, 1.807) is 12.5 Å². The maximum Gasteiger partial charge on any atom is 0.216 e. The van der Waals surface area contributed by atoms with Crippen LogP contribution in [0.4, 0.5) is 5.69 Å². The smallest absolute Gasteiger partial charge is 0.216 e. The van der Waals surface area contributed by atoms with E-state index in [0.29, 0.717) is 17.8 Å². The Morgan fingerprint density at radius 2 is 1.81 bits per heavy atom. The van der Waals surface area contributed by atoms with E-state index in [-0.39, 0.29) is 11.8 Å². The molecule has 5 rings (SSSR count). The Morgan fingerprint density at radius 3 is 2.53 bits per heavy atom. The first-order valence-electron chi connectivity index (χ1n) is 11.9. The SMILES string of the molecule is CC(=O)NCCCc1ccc(C(=Nc2ccc(-c3cnc[nH]3)cc2)c2c(O)[nH]c3ccccc23)cc1. The number of benzene rings is 3. The lowest BCUT2D eigenvalue weighted by atomic mass is 9.98. The molecule has 5 aromatic rings. The normalized spacial score (nSPS) is 11.6. The Bertz CT molecular complexity index is 1500. The number of aromatic amines is 2. The number of fused-ring (bicyclic) bond motifs is 1. The Morgan fingerprint density at radius 1 is 1.03 bits per heavy atom. The third-order valence-corrected chi connectivity index (χ3v) is 6.08. The zero-order chi connectivity index (χ0) is 24.9. The Hall–Kier alpha value is -4.65. The van der Waals surface area contributed by atoms with E-state index in [1.165, 1.54) is 12.5 Å². The van der Waals surface area contributed by atoms with Crippen LogP contribution in [0.2, 0.25) is 0 Å². The van der Waals surface area contributed by atoms with E-state index in [0.717, 1.165) is 46.3 Å². The molecule has 1 amide bonds. The van der Waals surface area contributed by atoms with Crippen LogP contribution in [0.25, 0.3) is 22.2 Å². The molecule has 0 radical (unpaired) electrons. The third-order valence-electron chi connectivity index (χ3n) is 6.08. The highest BCUT2D eigenvalue weighted by atomic mass is 16.3. The van der Waals surface area contributed by atoms with Gasteiger partial charge in [-0.1, -0.05) is 54.6 Å². The minimum absolute atomic E-state index is 0.0117. The van der Waals surface area contributed by atoms with Gasteiger partial charge in [0.2, 0.25) is 5.91 Å². The molecule has 36 heavy (non-hydrogen) atoms. The van der Waals surface area contributed by atoms with Crippen LogP contribution in [0, 0.1) is 0 Å². The summed E-state index contributed by atoms with van der Waals surface area (Å²) in [4.78, 5) is 26.4. The molecule has 2 heterocycles. The molecule has 0 atom stereocenters. The van der Waals surface area contributed by atoms with Gasteiger partial charge >= 0.3 is 0 Å². The van der Waals surface area contributed by atoms with Crippen molar-refractivity contribution in [3.8, 4) is 17.1 Å². The van der Waals surface area contributed by atoms with Crippen molar-refractivity contribution in [1.29, 1.82) is 0 Å². The maximum absolute atomic E-state index is 11.1. The van der Waals surface area contributed by atoms with Gasteiger partial charge in [-0.25, -0.2) is 9.98 Å². The first-order valence-corrected chi connectivity index (χ1v) is 11.9. The van der Waals surface area contributed by atoms with Crippen molar-refractivity contribution in [2.45, 2.75) is 19.8 Å². The number of nitrogens with zero attached hydrogens (tertiary/aromatic N) is 2. The number of para-hydroxylation sites is 1. The minimum atomic E-state index is -0.0117. The highest BCUT2D eigenvalue weighted by Crippen LogP contribution is 2.32. The second-order valence-corrected chi connectivity index (χ2v) is 8.65. The summed E-state index contributed by atoms with van der Waals surface area (Å²) >= 11 is 0. The van der Waals surface area contributed by atoms with Gasteiger partial charge in [0.1, 0.15) is 0 Å². The third kappa shape index (κ3) is 5.05. The van der Waals surface area contributed by atoms with E-state index in [4.69, 9.17) is 4.99 Å². The number of aromatic nitrogens is 3. The molecular weight excluding hydrogens is 450 g/mol. The first kappa shape index (κ1) is 23.1. The van der Waals surface area contributed by atoms with Crippen molar-refractivity contribution in [2.24, 2.45) is 4.99 Å². The second-order valence-electron chi connectivity index (χ2n) is 8.65.